The number of carbonyl (C=O) groups is 1. The van der Waals surface area contributed by atoms with Crippen LogP contribution in [-0.4, -0.2) is 71.2 Å². The summed E-state index contributed by atoms with van der Waals surface area (Å²) in [7, 11) is 2.13. The van der Waals surface area contributed by atoms with Gasteiger partial charge in [0.2, 0.25) is 11.9 Å². The Kier molecular flexibility index (Phi) is 8.14. The van der Waals surface area contributed by atoms with Crippen molar-refractivity contribution in [2.45, 2.75) is 30.3 Å². The van der Waals surface area contributed by atoms with Crippen LogP contribution in [0.4, 0.5) is 11.9 Å². The van der Waals surface area contributed by atoms with Crippen molar-refractivity contribution < 1.29 is 4.79 Å². The summed E-state index contributed by atoms with van der Waals surface area (Å²) in [6, 6.07) is 17.4. The number of benzene rings is 2. The first-order chi connectivity index (χ1) is 18.4. The van der Waals surface area contributed by atoms with Crippen molar-refractivity contribution in [3.63, 3.8) is 0 Å². The van der Waals surface area contributed by atoms with Crippen LogP contribution in [0.15, 0.2) is 81.3 Å². The number of hydrogen-bond acceptors (Lipinski definition) is 9. The molecule has 3 aromatic rings. The fourth-order valence-electron chi connectivity index (χ4n) is 4.27. The van der Waals surface area contributed by atoms with Crippen LogP contribution in [0.5, 0.6) is 0 Å². The van der Waals surface area contributed by atoms with E-state index in [-0.39, 0.29) is 5.78 Å². The Hall–Kier alpha value is -3.56. The molecule has 196 valence electrons. The van der Waals surface area contributed by atoms with Crippen LogP contribution in [0.25, 0.3) is 0 Å². The van der Waals surface area contributed by atoms with E-state index < -0.39 is 0 Å². The Labute approximate surface area is 228 Å². The van der Waals surface area contributed by atoms with E-state index in [1.54, 1.807) is 0 Å². The molecular weight excluding hydrogens is 494 g/mol. The monoisotopic (exact) mass is 527 g/mol. The van der Waals surface area contributed by atoms with Gasteiger partial charge < -0.3 is 15.1 Å². The molecule has 0 spiro atoms. The van der Waals surface area contributed by atoms with E-state index in [0.29, 0.717) is 35.9 Å². The highest BCUT2D eigenvalue weighted by atomic mass is 32.2. The fraction of sp³-hybridized carbons (Fsp3) is 0.345. The highest BCUT2D eigenvalue weighted by molar-refractivity contribution is 7.99. The van der Waals surface area contributed by atoms with Crippen LogP contribution in [0.1, 0.15) is 29.8 Å². The molecular formula is C29H33N7OS. The Morgan fingerprint density at radius 1 is 0.974 bits per heavy atom. The number of aromatic nitrogens is 3. The zero-order valence-corrected chi connectivity index (χ0v) is 22.9. The molecule has 0 saturated carbocycles. The molecule has 1 N–H and O–H groups in total. The van der Waals surface area contributed by atoms with Crippen LogP contribution in [0.2, 0.25) is 0 Å². The third-order valence-electron chi connectivity index (χ3n) is 6.72. The van der Waals surface area contributed by atoms with E-state index in [0.717, 1.165) is 48.0 Å². The number of rotatable bonds is 8. The lowest BCUT2D eigenvalue weighted by Gasteiger charge is -2.32. The SMILES string of the molecule is CC(C)C1=CC(Nc2nc(Sc3ccc(CC(=O)c4ccccc4)cc3)nc(N3CCN(C)CC3)n2)=NC1. The summed E-state index contributed by atoms with van der Waals surface area (Å²) in [6.07, 6.45) is 2.46. The van der Waals surface area contributed by atoms with Gasteiger partial charge in [-0.3, -0.25) is 9.79 Å². The van der Waals surface area contributed by atoms with Gasteiger partial charge in [-0.1, -0.05) is 56.3 Å². The second-order valence-electron chi connectivity index (χ2n) is 9.94. The first-order valence-electron chi connectivity index (χ1n) is 13.0. The van der Waals surface area contributed by atoms with Crippen molar-refractivity contribution in [2.75, 3.05) is 50.0 Å². The van der Waals surface area contributed by atoms with Gasteiger partial charge in [0.15, 0.2) is 10.9 Å². The molecule has 1 aromatic heterocycles. The summed E-state index contributed by atoms with van der Waals surface area (Å²) in [6.45, 7) is 8.73. The topological polar surface area (TPSA) is 86.6 Å². The van der Waals surface area contributed by atoms with Crippen LogP contribution >= 0.6 is 11.8 Å². The number of nitrogens with one attached hydrogen (secondary N) is 1. The molecule has 1 fully saturated rings. The van der Waals surface area contributed by atoms with Crippen LogP contribution in [0, 0.1) is 5.92 Å². The van der Waals surface area contributed by atoms with Crippen molar-refractivity contribution in [2.24, 2.45) is 10.9 Å². The number of likely N-dealkylation sites (N-methyl/N-ethyl adjacent to an activating group) is 1. The summed E-state index contributed by atoms with van der Waals surface area (Å²) in [5.41, 5.74) is 3.00. The van der Waals surface area contributed by atoms with E-state index in [2.05, 4.69) is 47.1 Å². The Morgan fingerprint density at radius 2 is 1.71 bits per heavy atom. The molecule has 0 aliphatic carbocycles. The number of ketones is 1. The number of nitrogens with zero attached hydrogens (tertiary/aromatic N) is 6. The molecule has 0 unspecified atom stereocenters. The lowest BCUT2D eigenvalue weighted by atomic mass is 10.0. The minimum absolute atomic E-state index is 0.112. The van der Waals surface area contributed by atoms with E-state index in [4.69, 9.17) is 15.0 Å². The standard InChI is InChI=1S/C29H33N7OS/c1-20(2)23-18-26(30-19-23)31-27-32-28(36-15-13-35(3)14-16-36)34-29(33-27)38-24-11-9-21(10-12-24)17-25(37)22-7-5-4-6-8-22/h4-12,18,20H,13-17,19H2,1-3H3,(H,30,31,32,33,34). The smallest absolute Gasteiger partial charge is 0.234 e. The van der Waals surface area contributed by atoms with Gasteiger partial charge in [-0.25, -0.2) is 0 Å². The van der Waals surface area contributed by atoms with E-state index in [1.165, 1.54) is 17.3 Å². The van der Waals surface area contributed by atoms with Crippen LogP contribution in [0.3, 0.4) is 0 Å². The summed E-state index contributed by atoms with van der Waals surface area (Å²) >= 11 is 1.49. The van der Waals surface area contributed by atoms with Crippen LogP contribution in [-0.2, 0) is 6.42 Å². The predicted molar refractivity (Wildman–Crippen MR) is 153 cm³/mol. The quantitative estimate of drug-likeness (QED) is 0.425. The molecule has 2 aliphatic heterocycles. The zero-order valence-electron chi connectivity index (χ0n) is 22.1. The largest absolute Gasteiger partial charge is 0.338 e. The summed E-state index contributed by atoms with van der Waals surface area (Å²) in [5.74, 6) is 2.53. The molecule has 1 saturated heterocycles. The van der Waals surface area contributed by atoms with E-state index in [1.807, 2.05) is 54.6 Å². The normalized spacial score (nSPS) is 15.9. The van der Waals surface area contributed by atoms with Gasteiger partial charge in [-0.2, -0.15) is 15.0 Å². The molecule has 0 radical (unpaired) electrons. The molecule has 2 aliphatic rings. The molecule has 38 heavy (non-hydrogen) atoms. The number of piperazine rings is 1. The number of hydrogen-bond donors (Lipinski definition) is 1. The Morgan fingerprint density at radius 3 is 2.39 bits per heavy atom. The van der Waals surface area contributed by atoms with Crippen LogP contribution < -0.4 is 10.2 Å². The fourth-order valence-corrected chi connectivity index (χ4v) is 5.01. The number of anilines is 2. The third kappa shape index (κ3) is 6.65. The second-order valence-corrected chi connectivity index (χ2v) is 11.0. The highest BCUT2D eigenvalue weighted by Crippen LogP contribution is 2.28. The number of Topliss-reactive ketones (excluding diaryl/α,β-unsaturated/α-hetero) is 1. The maximum atomic E-state index is 12.6. The molecule has 2 aromatic carbocycles. The third-order valence-corrected chi connectivity index (χ3v) is 7.59. The zero-order chi connectivity index (χ0) is 26.5. The summed E-state index contributed by atoms with van der Waals surface area (Å²) in [4.78, 5) is 37.0. The first-order valence-corrected chi connectivity index (χ1v) is 13.8. The molecule has 0 atom stereocenters. The van der Waals surface area contributed by atoms with Crippen molar-refractivity contribution in [3.8, 4) is 0 Å². The highest BCUT2D eigenvalue weighted by Gasteiger charge is 2.20. The Balaban J connectivity index is 1.33. The van der Waals surface area contributed by atoms with Crippen molar-refractivity contribution >= 4 is 35.3 Å². The van der Waals surface area contributed by atoms with Crippen molar-refractivity contribution in [3.05, 3.63) is 77.4 Å². The molecule has 3 heterocycles. The molecule has 5 rings (SSSR count). The molecule has 9 heteroatoms. The van der Waals surface area contributed by atoms with Gasteiger partial charge in [0.1, 0.15) is 5.84 Å². The average Bonchev–Trinajstić information content (AvgIpc) is 3.39. The van der Waals surface area contributed by atoms with Gasteiger partial charge in [0.25, 0.3) is 0 Å². The lowest BCUT2D eigenvalue weighted by Crippen LogP contribution is -2.45. The lowest BCUT2D eigenvalue weighted by molar-refractivity contribution is 0.0993. The molecule has 0 amide bonds. The summed E-state index contributed by atoms with van der Waals surface area (Å²) < 4.78 is 0. The number of aliphatic imine (C=N–C) groups is 1. The van der Waals surface area contributed by atoms with E-state index in [9.17, 15) is 4.79 Å². The summed E-state index contributed by atoms with van der Waals surface area (Å²) in [5, 5.41) is 3.93. The van der Waals surface area contributed by atoms with Gasteiger partial charge in [0.05, 0.1) is 6.54 Å². The van der Waals surface area contributed by atoms with Crippen molar-refractivity contribution in [1.82, 2.24) is 19.9 Å². The van der Waals surface area contributed by atoms with Gasteiger partial charge in [-0.15, -0.1) is 0 Å². The van der Waals surface area contributed by atoms with Gasteiger partial charge in [0, 0.05) is 43.1 Å². The number of carbonyl (C=O) groups excluding carboxylic acids is 1. The minimum atomic E-state index is 0.112. The number of amidine groups is 1. The average molecular weight is 528 g/mol. The van der Waals surface area contributed by atoms with Crippen molar-refractivity contribution in [1.29, 1.82) is 0 Å². The second kappa shape index (κ2) is 11.9. The van der Waals surface area contributed by atoms with Gasteiger partial charge >= 0.3 is 0 Å². The first kappa shape index (κ1) is 26.1. The maximum absolute atomic E-state index is 12.6. The van der Waals surface area contributed by atoms with Gasteiger partial charge in [-0.05, 0) is 54.1 Å². The Bertz CT molecular complexity index is 1330. The minimum Gasteiger partial charge on any atom is -0.338 e. The molecule has 0 bridgehead atoms. The van der Waals surface area contributed by atoms with E-state index >= 15 is 0 Å². The maximum Gasteiger partial charge on any atom is 0.234 e. The molecule has 8 nitrogen and oxygen atoms in total. The predicted octanol–water partition coefficient (Wildman–Crippen LogP) is 4.61.